The third-order valence-corrected chi connectivity index (χ3v) is 3.65. The van der Waals surface area contributed by atoms with Crippen molar-refractivity contribution in [2.45, 2.75) is 13.8 Å². The minimum Gasteiger partial charge on any atom is -0.478 e. The highest BCUT2D eigenvalue weighted by Gasteiger charge is 2.21. The first-order valence-corrected chi connectivity index (χ1v) is 7.08. The molecule has 0 unspecified atom stereocenters. The SMILES string of the molecule is CC(C)CN1CCN(c2cccc(C(=O)O)c2N)CC1. The maximum atomic E-state index is 11.1. The highest BCUT2D eigenvalue weighted by Crippen LogP contribution is 2.27. The molecule has 1 aliphatic rings. The van der Waals surface area contributed by atoms with Crippen molar-refractivity contribution in [1.82, 2.24) is 4.90 Å². The van der Waals surface area contributed by atoms with Gasteiger partial charge in [-0.15, -0.1) is 0 Å². The number of aromatic carboxylic acids is 1. The fraction of sp³-hybridized carbons (Fsp3) is 0.533. The molecular weight excluding hydrogens is 254 g/mol. The van der Waals surface area contributed by atoms with Gasteiger partial charge in [-0.3, -0.25) is 4.90 Å². The fourth-order valence-electron chi connectivity index (χ4n) is 2.70. The Labute approximate surface area is 120 Å². The summed E-state index contributed by atoms with van der Waals surface area (Å²) in [6.45, 7) is 9.32. The molecule has 0 bridgehead atoms. The zero-order chi connectivity index (χ0) is 14.7. The summed E-state index contributed by atoms with van der Waals surface area (Å²) in [5, 5.41) is 9.12. The van der Waals surface area contributed by atoms with Crippen LogP contribution in [0.2, 0.25) is 0 Å². The summed E-state index contributed by atoms with van der Waals surface area (Å²) in [6.07, 6.45) is 0. The predicted octanol–water partition coefficient (Wildman–Crippen LogP) is 1.75. The molecule has 0 aliphatic carbocycles. The molecule has 0 radical (unpaired) electrons. The topological polar surface area (TPSA) is 69.8 Å². The molecule has 0 aromatic heterocycles. The van der Waals surface area contributed by atoms with Crippen molar-refractivity contribution in [3.63, 3.8) is 0 Å². The molecule has 1 aromatic rings. The number of nitrogens with two attached hydrogens (primary N) is 1. The van der Waals surface area contributed by atoms with Gasteiger partial charge in [0, 0.05) is 32.7 Å². The van der Waals surface area contributed by atoms with Crippen LogP contribution in [-0.2, 0) is 0 Å². The molecule has 1 aliphatic heterocycles. The van der Waals surface area contributed by atoms with E-state index in [-0.39, 0.29) is 5.56 Å². The van der Waals surface area contributed by atoms with Gasteiger partial charge in [0.1, 0.15) is 0 Å². The van der Waals surface area contributed by atoms with Crippen molar-refractivity contribution >= 4 is 17.3 Å². The number of anilines is 2. The van der Waals surface area contributed by atoms with Gasteiger partial charge in [0.2, 0.25) is 0 Å². The number of carboxylic acids is 1. The summed E-state index contributed by atoms with van der Waals surface area (Å²) in [5.74, 6) is -0.301. The summed E-state index contributed by atoms with van der Waals surface area (Å²) in [5.41, 5.74) is 7.40. The van der Waals surface area contributed by atoms with Crippen molar-refractivity contribution in [2.24, 2.45) is 5.92 Å². The summed E-state index contributed by atoms with van der Waals surface area (Å²) < 4.78 is 0. The van der Waals surface area contributed by atoms with Crippen LogP contribution in [0.4, 0.5) is 11.4 Å². The van der Waals surface area contributed by atoms with Crippen LogP contribution in [-0.4, -0.2) is 48.7 Å². The number of carbonyl (C=O) groups is 1. The second kappa shape index (κ2) is 6.13. The van der Waals surface area contributed by atoms with Crippen molar-refractivity contribution < 1.29 is 9.90 Å². The molecule has 110 valence electrons. The minimum absolute atomic E-state index is 0.187. The predicted molar refractivity (Wildman–Crippen MR) is 81.3 cm³/mol. The number of nitrogens with zero attached hydrogens (tertiary/aromatic N) is 2. The van der Waals surface area contributed by atoms with Gasteiger partial charge in [-0.2, -0.15) is 0 Å². The normalized spacial score (nSPS) is 16.6. The Morgan fingerprint density at radius 3 is 2.50 bits per heavy atom. The maximum absolute atomic E-state index is 11.1. The largest absolute Gasteiger partial charge is 0.478 e. The third kappa shape index (κ3) is 3.22. The molecule has 1 heterocycles. The molecule has 2 rings (SSSR count). The van der Waals surface area contributed by atoms with Crippen LogP contribution in [0.25, 0.3) is 0 Å². The number of hydrogen-bond donors (Lipinski definition) is 2. The van der Waals surface area contributed by atoms with E-state index in [1.807, 2.05) is 6.07 Å². The fourth-order valence-corrected chi connectivity index (χ4v) is 2.70. The zero-order valence-electron chi connectivity index (χ0n) is 12.2. The van der Waals surface area contributed by atoms with Crippen LogP contribution in [0.5, 0.6) is 0 Å². The van der Waals surface area contributed by atoms with Crippen molar-refractivity contribution in [2.75, 3.05) is 43.4 Å². The first-order chi connectivity index (χ1) is 9.49. The average molecular weight is 277 g/mol. The lowest BCUT2D eigenvalue weighted by Crippen LogP contribution is -2.47. The molecule has 0 saturated carbocycles. The lowest BCUT2D eigenvalue weighted by atomic mass is 10.1. The highest BCUT2D eigenvalue weighted by atomic mass is 16.4. The number of benzene rings is 1. The molecule has 3 N–H and O–H groups in total. The Morgan fingerprint density at radius 1 is 1.30 bits per heavy atom. The van der Waals surface area contributed by atoms with Gasteiger partial charge in [-0.1, -0.05) is 19.9 Å². The average Bonchev–Trinajstić information content (AvgIpc) is 2.39. The van der Waals surface area contributed by atoms with E-state index in [1.165, 1.54) is 0 Å². The van der Waals surface area contributed by atoms with Gasteiger partial charge >= 0.3 is 5.97 Å². The van der Waals surface area contributed by atoms with E-state index < -0.39 is 5.97 Å². The monoisotopic (exact) mass is 277 g/mol. The van der Waals surface area contributed by atoms with Crippen molar-refractivity contribution in [3.8, 4) is 0 Å². The van der Waals surface area contributed by atoms with Crippen molar-refractivity contribution in [1.29, 1.82) is 0 Å². The first-order valence-electron chi connectivity index (χ1n) is 7.08. The second-order valence-corrected chi connectivity index (χ2v) is 5.73. The lowest BCUT2D eigenvalue weighted by Gasteiger charge is -2.37. The van der Waals surface area contributed by atoms with E-state index in [0.29, 0.717) is 11.6 Å². The van der Waals surface area contributed by atoms with Gasteiger partial charge in [-0.25, -0.2) is 4.79 Å². The molecule has 5 heteroatoms. The van der Waals surface area contributed by atoms with Gasteiger partial charge in [0.05, 0.1) is 16.9 Å². The van der Waals surface area contributed by atoms with Crippen LogP contribution in [0.1, 0.15) is 24.2 Å². The van der Waals surface area contributed by atoms with E-state index in [0.717, 1.165) is 38.4 Å². The van der Waals surface area contributed by atoms with Gasteiger partial charge in [0.15, 0.2) is 0 Å². The molecule has 0 amide bonds. The second-order valence-electron chi connectivity index (χ2n) is 5.73. The van der Waals surface area contributed by atoms with Gasteiger partial charge in [0.25, 0.3) is 0 Å². The first kappa shape index (κ1) is 14.7. The van der Waals surface area contributed by atoms with Crippen molar-refractivity contribution in [3.05, 3.63) is 23.8 Å². The smallest absolute Gasteiger partial charge is 0.337 e. The van der Waals surface area contributed by atoms with Crippen LogP contribution in [0, 0.1) is 5.92 Å². The molecular formula is C15H23N3O2. The zero-order valence-corrected chi connectivity index (χ0v) is 12.2. The Balaban J connectivity index is 2.07. The van der Waals surface area contributed by atoms with Gasteiger partial charge < -0.3 is 15.7 Å². The third-order valence-electron chi connectivity index (χ3n) is 3.65. The van der Waals surface area contributed by atoms with E-state index in [1.54, 1.807) is 12.1 Å². The van der Waals surface area contributed by atoms with Crippen LogP contribution in [0.15, 0.2) is 18.2 Å². The standard InChI is InChI=1S/C15H23N3O2/c1-11(2)10-17-6-8-18(9-7-17)13-5-3-4-12(14(13)16)15(19)20/h3-5,11H,6-10,16H2,1-2H3,(H,19,20). The highest BCUT2D eigenvalue weighted by molar-refractivity contribution is 5.97. The maximum Gasteiger partial charge on any atom is 0.337 e. The molecule has 0 atom stereocenters. The van der Waals surface area contributed by atoms with E-state index in [9.17, 15) is 4.79 Å². The number of para-hydroxylation sites is 1. The summed E-state index contributed by atoms with van der Waals surface area (Å²) >= 11 is 0. The Bertz CT molecular complexity index is 480. The number of hydrogen-bond acceptors (Lipinski definition) is 4. The van der Waals surface area contributed by atoms with Crippen LogP contribution >= 0.6 is 0 Å². The summed E-state index contributed by atoms with van der Waals surface area (Å²) in [7, 11) is 0. The number of nitrogen functional groups attached to an aromatic ring is 1. The van der Waals surface area contributed by atoms with Crippen LogP contribution < -0.4 is 10.6 Å². The Hall–Kier alpha value is -1.75. The van der Waals surface area contributed by atoms with E-state index in [4.69, 9.17) is 10.8 Å². The molecule has 1 aromatic carbocycles. The number of piperazine rings is 1. The lowest BCUT2D eigenvalue weighted by molar-refractivity contribution is 0.0698. The molecule has 5 nitrogen and oxygen atoms in total. The molecule has 1 saturated heterocycles. The quantitative estimate of drug-likeness (QED) is 0.820. The minimum atomic E-state index is -0.970. The number of rotatable bonds is 4. The van der Waals surface area contributed by atoms with E-state index in [2.05, 4.69) is 23.6 Å². The number of carboxylic acid groups (broad SMARTS) is 1. The van der Waals surface area contributed by atoms with E-state index >= 15 is 0 Å². The van der Waals surface area contributed by atoms with Gasteiger partial charge in [-0.05, 0) is 18.1 Å². The summed E-state index contributed by atoms with van der Waals surface area (Å²) in [4.78, 5) is 15.7. The summed E-state index contributed by atoms with van der Waals surface area (Å²) in [6, 6.07) is 5.21. The molecule has 1 fully saturated rings. The Kier molecular flexibility index (Phi) is 4.49. The Morgan fingerprint density at radius 2 is 1.95 bits per heavy atom. The molecule has 0 spiro atoms. The van der Waals surface area contributed by atoms with Crippen LogP contribution in [0.3, 0.4) is 0 Å². The molecule has 20 heavy (non-hydrogen) atoms.